The molecular formula is C22H18Cl5N5O2S. The second-order valence-electron chi connectivity index (χ2n) is 7.14. The van der Waals surface area contributed by atoms with Crippen molar-refractivity contribution >= 4 is 87.3 Å². The van der Waals surface area contributed by atoms with Gasteiger partial charge < -0.3 is 15.2 Å². The van der Waals surface area contributed by atoms with Crippen molar-refractivity contribution in [3.63, 3.8) is 0 Å². The Morgan fingerprint density at radius 2 is 1.77 bits per heavy atom. The Bertz CT molecular complexity index is 1280. The third-order valence-corrected chi connectivity index (χ3v) is 7.13. The molecule has 1 aromatic heterocycles. The van der Waals surface area contributed by atoms with Gasteiger partial charge in [-0.25, -0.2) is 0 Å². The molecule has 0 radical (unpaired) electrons. The predicted octanol–water partition coefficient (Wildman–Crippen LogP) is 6.95. The van der Waals surface area contributed by atoms with E-state index in [9.17, 15) is 9.59 Å². The number of allylic oxidation sites excluding steroid dienone is 1. The summed E-state index contributed by atoms with van der Waals surface area (Å²) in [5.41, 5.74) is 0.627. The molecular weight excluding hydrogens is 576 g/mol. The van der Waals surface area contributed by atoms with E-state index in [0.29, 0.717) is 28.2 Å². The van der Waals surface area contributed by atoms with Crippen LogP contribution in [0.3, 0.4) is 0 Å². The first kappa shape index (κ1) is 27.6. The van der Waals surface area contributed by atoms with E-state index in [4.69, 9.17) is 58.0 Å². The second-order valence-corrected chi connectivity index (χ2v) is 10.2. The minimum Gasteiger partial charge on any atom is -0.342 e. The summed E-state index contributed by atoms with van der Waals surface area (Å²) < 4.78 is 1.76. The van der Waals surface area contributed by atoms with Gasteiger partial charge >= 0.3 is 0 Å². The molecule has 1 heterocycles. The maximum Gasteiger partial charge on any atom is 0.253 e. The third-order valence-electron chi connectivity index (χ3n) is 4.58. The summed E-state index contributed by atoms with van der Waals surface area (Å²) in [5, 5.41) is 15.9. The Morgan fingerprint density at radius 3 is 2.46 bits per heavy atom. The van der Waals surface area contributed by atoms with Gasteiger partial charge in [-0.2, -0.15) is 0 Å². The molecule has 1 atom stereocenters. The number of thioether (sulfide) groups is 1. The number of halogens is 5. The van der Waals surface area contributed by atoms with Crippen molar-refractivity contribution in [1.29, 1.82) is 0 Å². The summed E-state index contributed by atoms with van der Waals surface area (Å²) in [6.07, 6.45) is 1.66. The van der Waals surface area contributed by atoms with Gasteiger partial charge in [-0.15, -0.1) is 16.8 Å². The average Bonchev–Trinajstić information content (AvgIpc) is 3.19. The molecule has 184 valence electrons. The number of aromatic nitrogens is 3. The Kier molecular flexibility index (Phi) is 9.75. The van der Waals surface area contributed by atoms with Crippen LogP contribution in [0.15, 0.2) is 48.1 Å². The molecule has 0 saturated heterocycles. The van der Waals surface area contributed by atoms with Gasteiger partial charge in [0.2, 0.25) is 5.91 Å². The van der Waals surface area contributed by atoms with Crippen LogP contribution in [0, 0.1) is 0 Å². The fourth-order valence-electron chi connectivity index (χ4n) is 2.98. The van der Waals surface area contributed by atoms with Crippen molar-refractivity contribution in [2.75, 3.05) is 11.1 Å². The molecule has 0 aliphatic rings. The Morgan fingerprint density at radius 1 is 1.06 bits per heavy atom. The van der Waals surface area contributed by atoms with Gasteiger partial charge in [0, 0.05) is 11.6 Å². The van der Waals surface area contributed by atoms with Crippen LogP contribution >= 0.6 is 69.8 Å². The molecule has 0 bridgehead atoms. The van der Waals surface area contributed by atoms with E-state index < -0.39 is 6.04 Å². The molecule has 3 aromatic rings. The number of rotatable bonds is 9. The quantitative estimate of drug-likeness (QED) is 0.159. The van der Waals surface area contributed by atoms with Crippen LogP contribution < -0.4 is 10.6 Å². The van der Waals surface area contributed by atoms with Crippen LogP contribution in [0.25, 0.3) is 0 Å². The van der Waals surface area contributed by atoms with Crippen molar-refractivity contribution in [1.82, 2.24) is 20.1 Å². The van der Waals surface area contributed by atoms with Crippen LogP contribution in [0.4, 0.5) is 5.69 Å². The van der Waals surface area contributed by atoms with E-state index in [0.717, 1.165) is 11.8 Å². The lowest BCUT2D eigenvalue weighted by Gasteiger charge is -2.16. The normalized spacial score (nSPS) is 11.7. The van der Waals surface area contributed by atoms with Gasteiger partial charge in [-0.05, 0) is 37.3 Å². The smallest absolute Gasteiger partial charge is 0.253 e. The average molecular weight is 594 g/mol. The molecule has 3 rings (SSSR count). The van der Waals surface area contributed by atoms with Crippen molar-refractivity contribution < 1.29 is 9.59 Å². The Labute approximate surface area is 231 Å². The predicted molar refractivity (Wildman–Crippen MR) is 143 cm³/mol. The van der Waals surface area contributed by atoms with Crippen molar-refractivity contribution in [3.8, 4) is 0 Å². The maximum absolute atomic E-state index is 12.7. The van der Waals surface area contributed by atoms with E-state index in [1.54, 1.807) is 29.7 Å². The number of hydrogen-bond donors (Lipinski definition) is 2. The summed E-state index contributed by atoms with van der Waals surface area (Å²) in [5.74, 6) is -0.214. The monoisotopic (exact) mass is 591 g/mol. The number of anilines is 1. The zero-order valence-electron chi connectivity index (χ0n) is 18.1. The van der Waals surface area contributed by atoms with Gasteiger partial charge in [0.15, 0.2) is 11.0 Å². The minimum absolute atomic E-state index is 0.0208. The lowest BCUT2D eigenvalue weighted by atomic mass is 10.2. The van der Waals surface area contributed by atoms with Crippen LogP contribution in [-0.2, 0) is 11.3 Å². The summed E-state index contributed by atoms with van der Waals surface area (Å²) in [7, 11) is 0. The Hall–Kier alpha value is -1.94. The molecule has 2 N–H and O–H groups in total. The fourth-order valence-corrected chi connectivity index (χ4v) is 4.82. The highest BCUT2D eigenvalue weighted by Crippen LogP contribution is 2.32. The number of nitrogens with zero attached hydrogens (tertiary/aromatic N) is 3. The molecule has 0 aliphatic heterocycles. The van der Waals surface area contributed by atoms with E-state index in [2.05, 4.69) is 27.4 Å². The largest absolute Gasteiger partial charge is 0.342 e. The summed E-state index contributed by atoms with van der Waals surface area (Å²) in [4.78, 5) is 25.2. The molecule has 2 aromatic carbocycles. The van der Waals surface area contributed by atoms with Crippen LogP contribution in [0.2, 0.25) is 25.1 Å². The second kappa shape index (κ2) is 12.3. The molecule has 2 amide bonds. The highest BCUT2D eigenvalue weighted by Gasteiger charge is 2.21. The standard InChI is InChI=1S/C22H18Cl5N5O2S/c1-3-6-32-20(11(2)28-21(34)13-5-4-12(23)7-14(13)24)30-31-22(32)35-10-19(33)29-18-9-16(26)15(25)8-17(18)27/h3-5,7-9,11H,1,6,10H2,2H3,(H,28,34)(H,29,33)/t11-/m0/s1. The van der Waals surface area contributed by atoms with E-state index in [-0.39, 0.29) is 43.2 Å². The number of amides is 2. The highest BCUT2D eigenvalue weighted by atomic mass is 35.5. The topological polar surface area (TPSA) is 88.9 Å². The van der Waals surface area contributed by atoms with Crippen LogP contribution in [-0.4, -0.2) is 32.3 Å². The molecule has 0 unspecified atom stereocenters. The zero-order chi connectivity index (χ0) is 25.7. The van der Waals surface area contributed by atoms with E-state index in [1.165, 1.54) is 18.2 Å². The van der Waals surface area contributed by atoms with Gasteiger partial charge in [-0.3, -0.25) is 9.59 Å². The zero-order valence-corrected chi connectivity index (χ0v) is 22.7. The SMILES string of the molecule is C=CCn1c(SCC(=O)Nc2cc(Cl)c(Cl)cc2Cl)nnc1[C@H](C)NC(=O)c1ccc(Cl)cc1Cl. The molecule has 35 heavy (non-hydrogen) atoms. The Balaban J connectivity index is 1.69. The number of nitrogens with one attached hydrogen (secondary N) is 2. The summed E-state index contributed by atoms with van der Waals surface area (Å²) >= 11 is 31.2. The number of hydrogen-bond acceptors (Lipinski definition) is 5. The van der Waals surface area contributed by atoms with E-state index >= 15 is 0 Å². The van der Waals surface area contributed by atoms with Gasteiger partial charge in [0.25, 0.3) is 5.91 Å². The fraction of sp³-hybridized carbons (Fsp3) is 0.182. The number of benzene rings is 2. The molecule has 0 saturated carbocycles. The number of carbonyl (C=O) groups is 2. The van der Waals surface area contributed by atoms with E-state index in [1.807, 2.05) is 0 Å². The summed E-state index contributed by atoms with van der Waals surface area (Å²) in [6.45, 7) is 5.89. The lowest BCUT2D eigenvalue weighted by molar-refractivity contribution is -0.113. The molecule has 0 spiro atoms. The molecule has 13 heteroatoms. The van der Waals surface area contributed by atoms with Gasteiger partial charge in [0.05, 0.1) is 43.1 Å². The van der Waals surface area contributed by atoms with Crippen molar-refractivity contribution in [2.45, 2.75) is 24.7 Å². The van der Waals surface area contributed by atoms with Gasteiger partial charge in [-0.1, -0.05) is 75.8 Å². The third kappa shape index (κ3) is 7.06. The van der Waals surface area contributed by atoms with Crippen molar-refractivity contribution in [3.05, 3.63) is 79.5 Å². The lowest BCUT2D eigenvalue weighted by Crippen LogP contribution is -2.29. The highest BCUT2D eigenvalue weighted by molar-refractivity contribution is 7.99. The first-order valence-electron chi connectivity index (χ1n) is 9.97. The minimum atomic E-state index is -0.514. The summed E-state index contributed by atoms with van der Waals surface area (Å²) in [6, 6.07) is 7.03. The van der Waals surface area contributed by atoms with Gasteiger partial charge in [0.1, 0.15) is 0 Å². The first-order chi connectivity index (χ1) is 16.6. The molecule has 0 aliphatic carbocycles. The number of carbonyl (C=O) groups excluding carboxylic acids is 2. The maximum atomic E-state index is 12.7. The van der Waals surface area contributed by atoms with Crippen LogP contribution in [0.5, 0.6) is 0 Å². The first-order valence-corrected chi connectivity index (χ1v) is 12.8. The molecule has 7 nitrogen and oxygen atoms in total. The van der Waals surface area contributed by atoms with Crippen molar-refractivity contribution in [2.24, 2.45) is 0 Å². The molecule has 0 fully saturated rings. The van der Waals surface area contributed by atoms with Crippen LogP contribution in [0.1, 0.15) is 29.1 Å².